The molecule has 0 saturated carbocycles. The quantitative estimate of drug-likeness (QED) is 0.564. The zero-order valence-electron chi connectivity index (χ0n) is 17.5. The summed E-state index contributed by atoms with van der Waals surface area (Å²) in [5.74, 6) is 1.57. The van der Waals surface area contributed by atoms with Crippen molar-refractivity contribution in [1.82, 2.24) is 19.5 Å². The summed E-state index contributed by atoms with van der Waals surface area (Å²) in [6.45, 7) is 6.27. The first-order valence-electron chi connectivity index (χ1n) is 9.97. The van der Waals surface area contributed by atoms with E-state index in [4.69, 9.17) is 9.47 Å². The third-order valence-corrected chi connectivity index (χ3v) is 5.32. The number of aromatic nitrogens is 4. The minimum absolute atomic E-state index is 0.175. The van der Waals surface area contributed by atoms with Crippen LogP contribution in [0.25, 0.3) is 11.2 Å². The van der Waals surface area contributed by atoms with Crippen LogP contribution >= 0.6 is 0 Å². The highest BCUT2D eigenvalue weighted by molar-refractivity contribution is 5.85. The molecule has 0 aliphatic carbocycles. The Morgan fingerprint density at radius 3 is 2.57 bits per heavy atom. The molecule has 0 amide bonds. The van der Waals surface area contributed by atoms with Gasteiger partial charge in [-0.1, -0.05) is 26.0 Å². The molecule has 0 spiro atoms. The van der Waals surface area contributed by atoms with Crippen LogP contribution < -0.4 is 5.32 Å². The van der Waals surface area contributed by atoms with Crippen LogP contribution in [0.4, 0.5) is 11.5 Å². The zero-order valence-corrected chi connectivity index (χ0v) is 17.5. The highest BCUT2D eigenvalue weighted by Crippen LogP contribution is 2.33. The van der Waals surface area contributed by atoms with E-state index in [-0.39, 0.29) is 6.61 Å². The minimum Gasteiger partial charge on any atom is -0.387 e. The molecular formula is C21H27N5O4. The number of hydrogen-bond acceptors (Lipinski definition) is 8. The Kier molecular flexibility index (Phi) is 5.70. The fourth-order valence-electron chi connectivity index (χ4n) is 3.65. The van der Waals surface area contributed by atoms with Gasteiger partial charge < -0.3 is 25.0 Å². The van der Waals surface area contributed by atoms with Crippen molar-refractivity contribution in [3.63, 3.8) is 0 Å². The van der Waals surface area contributed by atoms with Crippen LogP contribution in [0.1, 0.15) is 37.4 Å². The largest absolute Gasteiger partial charge is 0.387 e. The number of rotatable bonds is 6. The SMILES string of the molecule is COCC1OC(n2cnc3c(Nc4ccc(C(C)C)cc4)nc(C)nc32)C(O)C1O. The molecule has 160 valence electrons. The maximum atomic E-state index is 10.5. The Morgan fingerprint density at radius 1 is 1.17 bits per heavy atom. The van der Waals surface area contributed by atoms with Crippen LogP contribution in [0.15, 0.2) is 30.6 Å². The van der Waals surface area contributed by atoms with Crippen LogP contribution in [-0.2, 0) is 9.47 Å². The maximum Gasteiger partial charge on any atom is 0.167 e. The monoisotopic (exact) mass is 413 g/mol. The zero-order chi connectivity index (χ0) is 21.4. The van der Waals surface area contributed by atoms with E-state index in [0.29, 0.717) is 28.7 Å². The van der Waals surface area contributed by atoms with Crippen molar-refractivity contribution < 1.29 is 19.7 Å². The number of nitrogens with one attached hydrogen (secondary N) is 1. The summed E-state index contributed by atoms with van der Waals surface area (Å²) in [6, 6.07) is 8.17. The van der Waals surface area contributed by atoms with Gasteiger partial charge in [0.2, 0.25) is 0 Å². The second-order valence-electron chi connectivity index (χ2n) is 7.85. The molecule has 1 aliphatic heterocycles. The summed E-state index contributed by atoms with van der Waals surface area (Å²) in [4.78, 5) is 13.4. The molecular weight excluding hydrogens is 386 g/mol. The number of ether oxygens (including phenoxy) is 2. The van der Waals surface area contributed by atoms with Crippen LogP contribution in [0.2, 0.25) is 0 Å². The lowest BCUT2D eigenvalue weighted by Crippen LogP contribution is -2.33. The van der Waals surface area contributed by atoms with Gasteiger partial charge >= 0.3 is 0 Å². The van der Waals surface area contributed by atoms with Crippen molar-refractivity contribution in [3.05, 3.63) is 42.0 Å². The average Bonchev–Trinajstić information content (AvgIpc) is 3.25. The van der Waals surface area contributed by atoms with Crippen LogP contribution in [-0.4, -0.2) is 61.8 Å². The molecule has 4 atom stereocenters. The molecule has 4 unspecified atom stereocenters. The molecule has 1 saturated heterocycles. The van der Waals surface area contributed by atoms with Crippen molar-refractivity contribution in [2.24, 2.45) is 0 Å². The third-order valence-electron chi connectivity index (χ3n) is 5.32. The Hall–Kier alpha value is -2.59. The summed E-state index contributed by atoms with van der Waals surface area (Å²) < 4.78 is 12.5. The molecule has 0 radical (unpaired) electrons. The highest BCUT2D eigenvalue weighted by Gasteiger charge is 2.44. The van der Waals surface area contributed by atoms with E-state index < -0.39 is 24.5 Å². The summed E-state index contributed by atoms with van der Waals surface area (Å²) in [6.07, 6.45) is -2.10. The number of fused-ring (bicyclic) bond motifs is 1. The first-order valence-corrected chi connectivity index (χ1v) is 9.97. The van der Waals surface area contributed by atoms with Gasteiger partial charge in [-0.2, -0.15) is 0 Å². The van der Waals surface area contributed by atoms with E-state index in [1.54, 1.807) is 17.8 Å². The first kappa shape index (κ1) is 20.7. The van der Waals surface area contributed by atoms with Gasteiger partial charge in [0.1, 0.15) is 24.1 Å². The number of anilines is 2. The van der Waals surface area contributed by atoms with Crippen LogP contribution in [0.3, 0.4) is 0 Å². The Morgan fingerprint density at radius 2 is 1.90 bits per heavy atom. The smallest absolute Gasteiger partial charge is 0.167 e. The summed E-state index contributed by atoms with van der Waals surface area (Å²) >= 11 is 0. The molecule has 3 heterocycles. The fraction of sp³-hybridized carbons (Fsp3) is 0.476. The molecule has 9 heteroatoms. The Balaban J connectivity index is 1.66. The lowest BCUT2D eigenvalue weighted by atomic mass is 10.0. The fourth-order valence-corrected chi connectivity index (χ4v) is 3.65. The number of aliphatic hydroxyl groups excluding tert-OH is 2. The minimum atomic E-state index is -1.13. The number of methoxy groups -OCH3 is 1. The molecule has 1 aliphatic rings. The summed E-state index contributed by atoms with van der Waals surface area (Å²) in [7, 11) is 1.52. The maximum absolute atomic E-state index is 10.5. The van der Waals surface area contributed by atoms with Gasteiger partial charge in [-0.3, -0.25) is 4.57 Å². The lowest BCUT2D eigenvalue weighted by Gasteiger charge is -2.17. The molecule has 3 N–H and O–H groups in total. The van der Waals surface area contributed by atoms with E-state index >= 15 is 0 Å². The van der Waals surface area contributed by atoms with Gasteiger partial charge in [0.05, 0.1) is 12.9 Å². The van der Waals surface area contributed by atoms with E-state index in [2.05, 4.69) is 46.2 Å². The van der Waals surface area contributed by atoms with Gasteiger partial charge in [0.15, 0.2) is 23.2 Å². The average molecular weight is 413 g/mol. The van der Waals surface area contributed by atoms with Crippen molar-refractivity contribution in [1.29, 1.82) is 0 Å². The van der Waals surface area contributed by atoms with E-state index in [9.17, 15) is 10.2 Å². The Bertz CT molecular complexity index is 1020. The molecule has 9 nitrogen and oxygen atoms in total. The molecule has 2 aromatic heterocycles. The number of hydrogen-bond donors (Lipinski definition) is 3. The van der Waals surface area contributed by atoms with Crippen molar-refractivity contribution in [3.8, 4) is 0 Å². The van der Waals surface area contributed by atoms with Gasteiger partial charge in [-0.15, -0.1) is 0 Å². The van der Waals surface area contributed by atoms with Crippen LogP contribution in [0, 0.1) is 6.92 Å². The van der Waals surface area contributed by atoms with E-state index in [1.165, 1.54) is 12.7 Å². The number of nitrogens with zero attached hydrogens (tertiary/aromatic N) is 4. The molecule has 30 heavy (non-hydrogen) atoms. The number of benzene rings is 1. The van der Waals surface area contributed by atoms with E-state index in [0.717, 1.165) is 5.69 Å². The normalized spacial score (nSPS) is 24.1. The van der Waals surface area contributed by atoms with Crippen molar-refractivity contribution in [2.45, 2.75) is 51.2 Å². The van der Waals surface area contributed by atoms with Gasteiger partial charge in [0, 0.05) is 12.8 Å². The van der Waals surface area contributed by atoms with Gasteiger partial charge in [-0.05, 0) is 30.5 Å². The van der Waals surface area contributed by atoms with Crippen molar-refractivity contribution in [2.75, 3.05) is 19.0 Å². The summed E-state index contributed by atoms with van der Waals surface area (Å²) in [5, 5.41) is 24.1. The number of aryl methyl sites for hydroxylation is 1. The number of imidazole rings is 1. The predicted molar refractivity (Wildman–Crippen MR) is 112 cm³/mol. The molecule has 0 bridgehead atoms. The van der Waals surface area contributed by atoms with Gasteiger partial charge in [-0.25, -0.2) is 15.0 Å². The number of aliphatic hydroxyl groups is 2. The standard InChI is InChI=1S/C21H27N5O4/c1-11(2)13-5-7-14(8-6-13)25-19-16-20(24-12(3)23-19)26(10-22-16)21-18(28)17(27)15(30-21)9-29-4/h5-8,10-11,15,17-18,21,27-28H,9H2,1-4H3,(H,23,24,25). The second kappa shape index (κ2) is 8.27. The first-order chi connectivity index (χ1) is 14.4. The van der Waals surface area contributed by atoms with Crippen LogP contribution in [0.5, 0.6) is 0 Å². The molecule has 4 rings (SSSR count). The topological polar surface area (TPSA) is 115 Å². The lowest BCUT2D eigenvalue weighted by molar-refractivity contribution is -0.0580. The Labute approximate surface area is 174 Å². The molecule has 3 aromatic rings. The molecule has 1 aromatic carbocycles. The third kappa shape index (κ3) is 3.77. The van der Waals surface area contributed by atoms with Gasteiger partial charge in [0.25, 0.3) is 0 Å². The second-order valence-corrected chi connectivity index (χ2v) is 7.85. The summed E-state index contributed by atoms with van der Waals surface area (Å²) in [5.41, 5.74) is 3.21. The van der Waals surface area contributed by atoms with Crippen molar-refractivity contribution >= 4 is 22.7 Å². The predicted octanol–water partition coefficient (Wildman–Crippen LogP) is 2.27. The van der Waals surface area contributed by atoms with E-state index in [1.807, 2.05) is 12.1 Å². The molecule has 1 fully saturated rings. The highest BCUT2D eigenvalue weighted by atomic mass is 16.6.